The summed E-state index contributed by atoms with van der Waals surface area (Å²) in [6, 6.07) is 36.8. The Kier molecular flexibility index (Phi) is 32.5. The lowest BCUT2D eigenvalue weighted by Gasteiger charge is -2.29. The second kappa shape index (κ2) is 39.4. The van der Waals surface area contributed by atoms with Crippen molar-refractivity contribution in [1.29, 1.82) is 0 Å². The van der Waals surface area contributed by atoms with E-state index in [0.717, 1.165) is 24.1 Å². The average molecular weight is 1090 g/mol. The molecular formula is C64H78O15. The first-order chi connectivity index (χ1) is 38.4. The van der Waals surface area contributed by atoms with Gasteiger partial charge in [0.15, 0.2) is 0 Å². The van der Waals surface area contributed by atoms with Gasteiger partial charge in [-0.25, -0.2) is 19.2 Å². The Hall–Kier alpha value is -8.01. The van der Waals surface area contributed by atoms with Gasteiger partial charge in [0.2, 0.25) is 12.6 Å². The zero-order valence-electron chi connectivity index (χ0n) is 46.3. The minimum absolute atomic E-state index is 0.0246. The Morgan fingerprint density at radius 2 is 0.886 bits per heavy atom. The molecule has 0 bridgehead atoms. The van der Waals surface area contributed by atoms with Gasteiger partial charge in [-0.2, -0.15) is 0 Å². The van der Waals surface area contributed by atoms with E-state index in [1.54, 1.807) is 78.9 Å². The van der Waals surface area contributed by atoms with Crippen LogP contribution in [0.2, 0.25) is 0 Å². The molecule has 0 heterocycles. The van der Waals surface area contributed by atoms with Gasteiger partial charge in [-0.1, -0.05) is 145 Å². The Labute approximate surface area is 466 Å². The molecule has 0 amide bonds. The molecule has 79 heavy (non-hydrogen) atoms. The van der Waals surface area contributed by atoms with Crippen LogP contribution in [0.5, 0.6) is 28.7 Å². The quantitative estimate of drug-likeness (QED) is 0.00711. The summed E-state index contributed by atoms with van der Waals surface area (Å²) in [4.78, 5) is 58.0. The molecule has 0 aromatic heterocycles. The number of carbonyl (C=O) groups is 5. The van der Waals surface area contributed by atoms with Crippen LogP contribution in [0.1, 0.15) is 116 Å². The fourth-order valence-electron chi connectivity index (χ4n) is 7.35. The number of ketones is 1. The molecule has 0 aliphatic heterocycles. The molecule has 0 aliphatic rings. The van der Waals surface area contributed by atoms with E-state index in [0.29, 0.717) is 78.1 Å². The van der Waals surface area contributed by atoms with E-state index in [1.165, 1.54) is 78.1 Å². The van der Waals surface area contributed by atoms with Crippen LogP contribution < -0.4 is 23.7 Å². The molecule has 0 fully saturated rings. The predicted octanol–water partition coefficient (Wildman–Crippen LogP) is 13.3. The smallest absolute Gasteiger partial charge is 0.343 e. The number of methoxy groups -OCH3 is 2. The number of esters is 4. The fourth-order valence-corrected chi connectivity index (χ4v) is 7.35. The van der Waals surface area contributed by atoms with Gasteiger partial charge in [-0.05, 0) is 85.6 Å². The molecule has 0 N–H and O–H groups in total. The normalized spacial score (nSPS) is 10.4. The average Bonchev–Trinajstić information content (AvgIpc) is 3.55. The van der Waals surface area contributed by atoms with Gasteiger partial charge in [-0.15, -0.1) is 0 Å². The SMILES string of the molecule is C=CC(=O)OCCCCCCCCCCCC.C=CC(=O)OCCCOc1ccc(OCOc2ccc(OC(=O)c3ccc(OCCCOC(=O)C=C)cc3)cc2C)cc1.COC(OC)(C(=O)c1ccccc1)c1ccccc1. The minimum atomic E-state index is -1.40. The van der Waals surface area contributed by atoms with Gasteiger partial charge in [0.05, 0.1) is 38.6 Å². The number of hydrogen-bond donors (Lipinski definition) is 0. The van der Waals surface area contributed by atoms with Crippen LogP contribution in [0.25, 0.3) is 0 Å². The highest BCUT2D eigenvalue weighted by Gasteiger charge is 2.41. The molecule has 0 atom stereocenters. The maximum atomic E-state index is 12.7. The van der Waals surface area contributed by atoms with Crippen LogP contribution in [0.15, 0.2) is 165 Å². The summed E-state index contributed by atoms with van der Waals surface area (Å²) >= 11 is 0. The molecule has 5 rings (SSSR count). The molecule has 15 nitrogen and oxygen atoms in total. The Morgan fingerprint density at radius 1 is 0.456 bits per heavy atom. The molecule has 424 valence electrons. The second-order valence-corrected chi connectivity index (χ2v) is 17.5. The van der Waals surface area contributed by atoms with Crippen molar-refractivity contribution in [2.24, 2.45) is 0 Å². The molecule has 5 aromatic carbocycles. The zero-order chi connectivity index (χ0) is 57.4. The highest BCUT2D eigenvalue weighted by atomic mass is 16.7. The maximum absolute atomic E-state index is 12.7. The highest BCUT2D eigenvalue weighted by Crippen LogP contribution is 2.30. The van der Waals surface area contributed by atoms with Crippen LogP contribution in [0.3, 0.4) is 0 Å². The van der Waals surface area contributed by atoms with Gasteiger partial charge in [0, 0.05) is 56.4 Å². The topological polar surface area (TPSA) is 178 Å². The van der Waals surface area contributed by atoms with Crippen LogP contribution in [0, 0.1) is 6.92 Å². The van der Waals surface area contributed by atoms with Crippen molar-refractivity contribution in [3.8, 4) is 28.7 Å². The number of benzene rings is 5. The van der Waals surface area contributed by atoms with Crippen LogP contribution >= 0.6 is 0 Å². The van der Waals surface area contributed by atoms with E-state index < -0.39 is 23.7 Å². The molecule has 0 spiro atoms. The number of unbranched alkanes of at least 4 members (excludes halogenated alkanes) is 9. The standard InChI is InChI=1S/C33H34O10.C16H16O3.C15H28O2/c1-4-31(34)39-20-6-18-37-26-10-8-25(9-11-26)33(36)43-29-16-17-30(24(3)22-29)42-23-41-28-14-12-27(13-15-28)38-19-7-21-40-32(35)5-2;1-18-16(19-2,14-11-7-4-8-12-14)15(17)13-9-5-3-6-10-13;1-3-5-6-7-8-9-10-11-12-13-14-17-15(16)4-2/h4-5,8-17,22H,1-2,6-7,18-21,23H2,3H3;3-12H,1-2H3;4H,2-3,5-14H2,1H3. The first-order valence-corrected chi connectivity index (χ1v) is 26.6. The van der Waals surface area contributed by atoms with Crippen molar-refractivity contribution < 1.29 is 71.3 Å². The molecule has 0 aliphatic carbocycles. The van der Waals surface area contributed by atoms with Crippen LogP contribution in [-0.2, 0) is 43.9 Å². The Bertz CT molecular complexity index is 2560. The molecule has 0 unspecified atom stereocenters. The van der Waals surface area contributed by atoms with Gasteiger partial charge in [0.25, 0.3) is 5.79 Å². The number of Topliss-reactive ketones (excluding diaryl/α,β-unsaturated/α-hetero) is 1. The van der Waals surface area contributed by atoms with E-state index in [2.05, 4.69) is 26.7 Å². The predicted molar refractivity (Wildman–Crippen MR) is 304 cm³/mol. The van der Waals surface area contributed by atoms with Gasteiger partial charge in [0.1, 0.15) is 28.7 Å². The van der Waals surface area contributed by atoms with E-state index in [1.807, 2.05) is 55.5 Å². The number of hydrogen-bond acceptors (Lipinski definition) is 15. The lowest BCUT2D eigenvalue weighted by atomic mass is 9.96. The van der Waals surface area contributed by atoms with Crippen molar-refractivity contribution >= 4 is 29.7 Å². The van der Waals surface area contributed by atoms with Crippen LogP contribution in [-0.4, -0.2) is 83.7 Å². The van der Waals surface area contributed by atoms with Crippen LogP contribution in [0.4, 0.5) is 0 Å². The molecule has 5 aromatic rings. The van der Waals surface area contributed by atoms with E-state index in [4.69, 9.17) is 47.4 Å². The largest absolute Gasteiger partial charge is 0.493 e. The van der Waals surface area contributed by atoms with Gasteiger partial charge >= 0.3 is 23.9 Å². The molecule has 0 saturated carbocycles. The summed E-state index contributed by atoms with van der Waals surface area (Å²) in [7, 11) is 2.94. The Morgan fingerprint density at radius 3 is 1.35 bits per heavy atom. The molecule has 0 saturated heterocycles. The zero-order valence-corrected chi connectivity index (χ0v) is 46.3. The summed E-state index contributed by atoms with van der Waals surface area (Å²) in [5.74, 6) is -0.567. The van der Waals surface area contributed by atoms with Crippen molar-refractivity contribution in [1.82, 2.24) is 0 Å². The first-order valence-electron chi connectivity index (χ1n) is 26.6. The summed E-state index contributed by atoms with van der Waals surface area (Å²) in [6.07, 6.45) is 17.5. The van der Waals surface area contributed by atoms with Crippen molar-refractivity contribution in [2.75, 3.05) is 54.0 Å². The maximum Gasteiger partial charge on any atom is 0.343 e. The Balaban J connectivity index is 0.000000373. The number of carbonyl (C=O) groups excluding carboxylic acids is 5. The summed E-state index contributed by atoms with van der Waals surface area (Å²) in [5, 5.41) is 0. The molecule has 0 radical (unpaired) electrons. The van der Waals surface area contributed by atoms with Gasteiger partial charge in [-0.3, -0.25) is 4.79 Å². The molecular weight excluding hydrogens is 1010 g/mol. The van der Waals surface area contributed by atoms with Crippen molar-refractivity contribution in [3.63, 3.8) is 0 Å². The van der Waals surface area contributed by atoms with Gasteiger partial charge < -0.3 is 47.4 Å². The third kappa shape index (κ3) is 25.8. The van der Waals surface area contributed by atoms with Crippen molar-refractivity contribution in [3.05, 3.63) is 188 Å². The first kappa shape index (κ1) is 65.3. The number of aryl methyl sites for hydroxylation is 1. The third-order valence-electron chi connectivity index (χ3n) is 11.6. The van der Waals surface area contributed by atoms with E-state index >= 15 is 0 Å². The fraction of sp³-hybridized carbons (Fsp3) is 0.359. The minimum Gasteiger partial charge on any atom is -0.493 e. The summed E-state index contributed by atoms with van der Waals surface area (Å²) in [5.41, 5.74) is 2.35. The lowest BCUT2D eigenvalue weighted by molar-refractivity contribution is -0.176. The van der Waals surface area contributed by atoms with Crippen molar-refractivity contribution in [2.45, 2.75) is 96.7 Å². The lowest BCUT2D eigenvalue weighted by Crippen LogP contribution is -2.39. The number of rotatable bonds is 35. The second-order valence-electron chi connectivity index (χ2n) is 17.5. The number of ether oxygens (including phenoxy) is 10. The molecule has 15 heteroatoms. The summed E-state index contributed by atoms with van der Waals surface area (Å²) in [6.45, 7) is 15.9. The summed E-state index contributed by atoms with van der Waals surface area (Å²) < 4.78 is 53.6. The monoisotopic (exact) mass is 1090 g/mol. The van der Waals surface area contributed by atoms with E-state index in [9.17, 15) is 24.0 Å². The third-order valence-corrected chi connectivity index (χ3v) is 11.6. The highest BCUT2D eigenvalue weighted by molar-refractivity contribution is 6.02. The van der Waals surface area contributed by atoms with E-state index in [-0.39, 0.29) is 31.8 Å².